The molecule has 0 aliphatic heterocycles. The Hall–Kier alpha value is -2.21. The van der Waals surface area contributed by atoms with Crippen LogP contribution in [-0.2, 0) is 0 Å². The standard InChI is InChI=1S/C13H11NO4S/c1-8-4-3-5-9(2)12(8)18-13(15)10-6-7-11(19-10)14(16)17/h3-7H,1-2H3. The summed E-state index contributed by atoms with van der Waals surface area (Å²) in [5.74, 6) is -0.0703. The minimum Gasteiger partial charge on any atom is -0.422 e. The monoisotopic (exact) mass is 277 g/mol. The van der Waals surface area contributed by atoms with Gasteiger partial charge < -0.3 is 4.74 Å². The third-order valence-corrected chi connectivity index (χ3v) is 3.59. The van der Waals surface area contributed by atoms with Gasteiger partial charge in [0.1, 0.15) is 10.6 Å². The van der Waals surface area contributed by atoms with Crippen LogP contribution in [0.1, 0.15) is 20.8 Å². The molecule has 0 aliphatic rings. The smallest absolute Gasteiger partial charge is 0.353 e. The van der Waals surface area contributed by atoms with Gasteiger partial charge in [0.05, 0.1) is 4.92 Å². The fraction of sp³-hybridized carbons (Fsp3) is 0.154. The van der Waals surface area contributed by atoms with Crippen molar-refractivity contribution in [1.82, 2.24) is 0 Å². The normalized spacial score (nSPS) is 10.2. The van der Waals surface area contributed by atoms with E-state index in [4.69, 9.17) is 4.74 Å². The van der Waals surface area contributed by atoms with Crippen LogP contribution >= 0.6 is 11.3 Å². The van der Waals surface area contributed by atoms with Crippen LogP contribution in [-0.4, -0.2) is 10.9 Å². The Morgan fingerprint density at radius 2 is 1.84 bits per heavy atom. The molecular formula is C13H11NO4S. The Morgan fingerprint density at radius 3 is 2.37 bits per heavy atom. The highest BCUT2D eigenvalue weighted by molar-refractivity contribution is 7.17. The lowest BCUT2D eigenvalue weighted by Crippen LogP contribution is -2.08. The summed E-state index contributed by atoms with van der Waals surface area (Å²) >= 11 is 0.806. The maximum Gasteiger partial charge on any atom is 0.353 e. The molecule has 1 aromatic heterocycles. The average Bonchev–Trinajstić information content (AvgIpc) is 2.83. The maximum atomic E-state index is 11.9. The highest BCUT2D eigenvalue weighted by atomic mass is 32.1. The third-order valence-electron chi connectivity index (χ3n) is 2.58. The molecule has 0 fully saturated rings. The molecule has 6 heteroatoms. The topological polar surface area (TPSA) is 69.4 Å². The lowest BCUT2D eigenvalue weighted by Gasteiger charge is -2.08. The second-order valence-electron chi connectivity index (χ2n) is 4.01. The average molecular weight is 277 g/mol. The van der Waals surface area contributed by atoms with Crippen LogP contribution in [0.25, 0.3) is 0 Å². The fourth-order valence-electron chi connectivity index (χ4n) is 1.64. The first-order chi connectivity index (χ1) is 8.99. The van der Waals surface area contributed by atoms with Gasteiger partial charge in [-0.05, 0) is 31.0 Å². The van der Waals surface area contributed by atoms with E-state index in [1.807, 2.05) is 32.0 Å². The first kappa shape index (κ1) is 13.2. The van der Waals surface area contributed by atoms with Gasteiger partial charge in [-0.3, -0.25) is 10.1 Å². The number of aryl methyl sites for hydroxylation is 2. The van der Waals surface area contributed by atoms with Crippen molar-refractivity contribution in [1.29, 1.82) is 0 Å². The number of hydrogen-bond donors (Lipinski definition) is 0. The largest absolute Gasteiger partial charge is 0.422 e. The van der Waals surface area contributed by atoms with Crippen molar-refractivity contribution < 1.29 is 14.5 Å². The molecule has 19 heavy (non-hydrogen) atoms. The van der Waals surface area contributed by atoms with Crippen LogP contribution in [0.5, 0.6) is 5.75 Å². The summed E-state index contributed by atoms with van der Waals surface area (Å²) in [6.45, 7) is 3.68. The van der Waals surface area contributed by atoms with E-state index in [0.717, 1.165) is 22.5 Å². The fourth-order valence-corrected chi connectivity index (χ4v) is 2.34. The molecular weight excluding hydrogens is 266 g/mol. The zero-order valence-electron chi connectivity index (χ0n) is 10.4. The Morgan fingerprint density at radius 1 is 1.21 bits per heavy atom. The number of ether oxygens (including phenoxy) is 1. The van der Waals surface area contributed by atoms with Crippen molar-refractivity contribution in [3.05, 3.63) is 56.5 Å². The number of benzene rings is 1. The van der Waals surface area contributed by atoms with Crippen molar-refractivity contribution >= 4 is 22.3 Å². The van der Waals surface area contributed by atoms with E-state index < -0.39 is 10.9 Å². The van der Waals surface area contributed by atoms with Crippen molar-refractivity contribution in [2.24, 2.45) is 0 Å². The zero-order chi connectivity index (χ0) is 14.0. The van der Waals surface area contributed by atoms with Crippen LogP contribution < -0.4 is 4.74 Å². The van der Waals surface area contributed by atoms with Crippen LogP contribution in [0, 0.1) is 24.0 Å². The molecule has 0 amide bonds. The summed E-state index contributed by atoms with van der Waals surface area (Å²) in [5.41, 5.74) is 1.69. The molecule has 0 unspecified atom stereocenters. The van der Waals surface area contributed by atoms with Gasteiger partial charge in [-0.15, -0.1) is 0 Å². The van der Waals surface area contributed by atoms with Gasteiger partial charge in [-0.1, -0.05) is 29.5 Å². The molecule has 5 nitrogen and oxygen atoms in total. The predicted octanol–water partition coefficient (Wildman–Crippen LogP) is 3.49. The number of esters is 1. The molecule has 0 saturated carbocycles. The minimum absolute atomic E-state index is 0.0755. The number of carbonyl (C=O) groups is 1. The van der Waals surface area contributed by atoms with Gasteiger partial charge in [0, 0.05) is 6.07 Å². The Labute approximate surface area is 113 Å². The molecule has 0 bridgehead atoms. The number of para-hydroxylation sites is 1. The summed E-state index contributed by atoms with van der Waals surface area (Å²) in [5, 5.41) is 10.5. The molecule has 0 atom stereocenters. The number of nitro groups is 1. The van der Waals surface area contributed by atoms with E-state index in [2.05, 4.69) is 0 Å². The van der Waals surface area contributed by atoms with E-state index in [1.54, 1.807) is 0 Å². The summed E-state index contributed by atoms with van der Waals surface area (Å²) in [6.07, 6.45) is 0. The second-order valence-corrected chi connectivity index (χ2v) is 5.07. The van der Waals surface area contributed by atoms with E-state index in [0.29, 0.717) is 5.75 Å². The Balaban J connectivity index is 2.23. The van der Waals surface area contributed by atoms with Crippen molar-refractivity contribution in [3.63, 3.8) is 0 Å². The molecule has 0 spiro atoms. The molecule has 2 aromatic rings. The second kappa shape index (κ2) is 5.19. The molecule has 2 rings (SSSR count). The van der Waals surface area contributed by atoms with Gasteiger partial charge >= 0.3 is 11.0 Å². The number of nitrogens with zero attached hydrogens (tertiary/aromatic N) is 1. The predicted molar refractivity (Wildman–Crippen MR) is 71.8 cm³/mol. The first-order valence-corrected chi connectivity index (χ1v) is 6.33. The Kier molecular flexibility index (Phi) is 3.62. The molecule has 1 heterocycles. The summed E-state index contributed by atoms with van der Waals surface area (Å²) in [4.78, 5) is 22.2. The van der Waals surface area contributed by atoms with Gasteiger partial charge in [-0.25, -0.2) is 4.79 Å². The highest BCUT2D eigenvalue weighted by Gasteiger charge is 2.18. The quantitative estimate of drug-likeness (QED) is 0.372. The maximum absolute atomic E-state index is 11.9. The lowest BCUT2D eigenvalue weighted by molar-refractivity contribution is -0.380. The van der Waals surface area contributed by atoms with Crippen LogP contribution in [0.4, 0.5) is 5.00 Å². The Bertz CT molecular complexity index is 628. The minimum atomic E-state index is -0.574. The van der Waals surface area contributed by atoms with Gasteiger partial charge in [-0.2, -0.15) is 0 Å². The summed E-state index contributed by atoms with van der Waals surface area (Å²) in [6, 6.07) is 8.25. The summed E-state index contributed by atoms with van der Waals surface area (Å²) in [7, 11) is 0. The number of hydrogen-bond acceptors (Lipinski definition) is 5. The highest BCUT2D eigenvalue weighted by Crippen LogP contribution is 2.27. The van der Waals surface area contributed by atoms with Crippen LogP contribution in [0.2, 0.25) is 0 Å². The molecule has 1 aromatic carbocycles. The van der Waals surface area contributed by atoms with Crippen LogP contribution in [0.15, 0.2) is 30.3 Å². The summed E-state index contributed by atoms with van der Waals surface area (Å²) < 4.78 is 5.30. The number of carbonyl (C=O) groups excluding carboxylic acids is 1. The number of thiophene rings is 1. The zero-order valence-corrected chi connectivity index (χ0v) is 11.2. The molecule has 0 radical (unpaired) electrons. The van der Waals surface area contributed by atoms with Crippen LogP contribution in [0.3, 0.4) is 0 Å². The lowest BCUT2D eigenvalue weighted by atomic mass is 10.1. The van der Waals surface area contributed by atoms with E-state index in [1.165, 1.54) is 12.1 Å². The third kappa shape index (κ3) is 2.79. The molecule has 98 valence electrons. The van der Waals surface area contributed by atoms with Gasteiger partial charge in [0.25, 0.3) is 0 Å². The van der Waals surface area contributed by atoms with Crippen molar-refractivity contribution in [2.45, 2.75) is 13.8 Å². The van der Waals surface area contributed by atoms with E-state index >= 15 is 0 Å². The van der Waals surface area contributed by atoms with E-state index in [-0.39, 0.29) is 9.88 Å². The van der Waals surface area contributed by atoms with Gasteiger partial charge in [0.15, 0.2) is 0 Å². The molecule has 0 aliphatic carbocycles. The van der Waals surface area contributed by atoms with Gasteiger partial charge in [0.2, 0.25) is 0 Å². The van der Waals surface area contributed by atoms with Crippen molar-refractivity contribution in [3.8, 4) is 5.75 Å². The SMILES string of the molecule is Cc1cccc(C)c1OC(=O)c1ccc([N+](=O)[O-])s1. The van der Waals surface area contributed by atoms with E-state index in [9.17, 15) is 14.9 Å². The first-order valence-electron chi connectivity index (χ1n) is 5.51. The molecule has 0 N–H and O–H groups in total. The van der Waals surface area contributed by atoms with Crippen molar-refractivity contribution in [2.75, 3.05) is 0 Å². The number of rotatable bonds is 3. The molecule has 0 saturated heterocycles.